The lowest BCUT2D eigenvalue weighted by Crippen LogP contribution is -2.43. The number of pyridine rings is 1. The van der Waals surface area contributed by atoms with E-state index in [4.69, 9.17) is 15.6 Å². The molecule has 0 spiro atoms. The van der Waals surface area contributed by atoms with Gasteiger partial charge in [0.2, 0.25) is 0 Å². The molecule has 4 heterocycles. The lowest BCUT2D eigenvalue weighted by Gasteiger charge is -2.33. The minimum atomic E-state index is -1.22. The predicted octanol–water partition coefficient (Wildman–Crippen LogP) is 2.83. The number of rotatable bonds is 7. The molecule has 5 rings (SSSR count). The molecule has 4 N–H and O–H groups in total. The van der Waals surface area contributed by atoms with Crippen molar-refractivity contribution < 1.29 is 24.2 Å². The minimum Gasteiger partial charge on any atom is -0.478 e. The van der Waals surface area contributed by atoms with Crippen LogP contribution in [0.5, 0.6) is 0 Å². The van der Waals surface area contributed by atoms with E-state index in [-0.39, 0.29) is 35.0 Å². The molecule has 2 amide bonds. The van der Waals surface area contributed by atoms with Crippen LogP contribution in [0.3, 0.4) is 0 Å². The van der Waals surface area contributed by atoms with E-state index in [1.165, 1.54) is 46.6 Å². The second kappa shape index (κ2) is 10.6. The Hall–Kier alpha value is -4.26. The number of piperidine rings is 1. The third-order valence-electron chi connectivity index (χ3n) is 6.73. The van der Waals surface area contributed by atoms with Crippen LogP contribution in [-0.4, -0.2) is 56.6 Å². The van der Waals surface area contributed by atoms with E-state index in [1.807, 2.05) is 5.38 Å². The maximum Gasteiger partial charge on any atom is 0.404 e. The van der Waals surface area contributed by atoms with Crippen molar-refractivity contribution in [3.05, 3.63) is 57.0 Å². The SMILES string of the molecule is NC(=O)OC1CCCN(c2nc3cc(C(=O)Nc4nc(C5CCC5)cs4)ccn3c(=O)c2C=CC(=O)O)C1. The normalized spacial score (nSPS) is 17.9. The smallest absolute Gasteiger partial charge is 0.404 e. The van der Waals surface area contributed by atoms with Gasteiger partial charge in [0, 0.05) is 35.7 Å². The predicted molar refractivity (Wildman–Crippen MR) is 141 cm³/mol. The number of fused-ring (bicyclic) bond motifs is 1. The molecule has 2 aliphatic rings. The van der Waals surface area contributed by atoms with E-state index in [9.17, 15) is 19.2 Å². The second-order valence-corrected chi connectivity index (χ2v) is 10.1. The van der Waals surface area contributed by atoms with Crippen molar-refractivity contribution in [3.8, 4) is 0 Å². The van der Waals surface area contributed by atoms with Crippen LogP contribution in [0.1, 0.15) is 59.6 Å². The number of carboxylic acid groups (broad SMARTS) is 1. The van der Waals surface area contributed by atoms with Crippen LogP contribution in [0.4, 0.5) is 15.7 Å². The van der Waals surface area contributed by atoms with Crippen molar-refractivity contribution in [3.63, 3.8) is 0 Å². The van der Waals surface area contributed by atoms with Gasteiger partial charge in [-0.3, -0.25) is 19.3 Å². The van der Waals surface area contributed by atoms with Crippen LogP contribution in [-0.2, 0) is 9.53 Å². The van der Waals surface area contributed by atoms with Crippen LogP contribution in [0, 0.1) is 0 Å². The number of nitrogens with one attached hydrogen (secondary N) is 1. The number of carbonyl (C=O) groups is 3. The van der Waals surface area contributed by atoms with Crippen molar-refractivity contribution >= 4 is 52.0 Å². The number of anilines is 2. The summed E-state index contributed by atoms with van der Waals surface area (Å²) < 4.78 is 6.40. The molecule has 0 radical (unpaired) electrons. The number of amides is 2. The number of thiazole rings is 1. The zero-order valence-electron chi connectivity index (χ0n) is 20.3. The Labute approximate surface area is 220 Å². The Kier molecular flexibility index (Phi) is 7.09. The number of carboxylic acids is 1. The quantitative estimate of drug-likeness (QED) is 0.383. The summed E-state index contributed by atoms with van der Waals surface area (Å²) in [6.45, 7) is 0.732. The molecule has 1 aliphatic carbocycles. The molecule has 3 aromatic rings. The highest BCUT2D eigenvalue weighted by Crippen LogP contribution is 2.37. The van der Waals surface area contributed by atoms with Gasteiger partial charge in [0.25, 0.3) is 11.5 Å². The molecule has 1 unspecified atom stereocenters. The highest BCUT2D eigenvalue weighted by atomic mass is 32.1. The molecule has 0 bridgehead atoms. The number of aromatic nitrogens is 3. The topological polar surface area (TPSA) is 169 Å². The molecular weight excluding hydrogens is 512 g/mol. The Bertz CT molecular complexity index is 1490. The van der Waals surface area contributed by atoms with Gasteiger partial charge < -0.3 is 20.5 Å². The van der Waals surface area contributed by atoms with Gasteiger partial charge in [-0.2, -0.15) is 0 Å². The van der Waals surface area contributed by atoms with Gasteiger partial charge in [-0.15, -0.1) is 11.3 Å². The summed E-state index contributed by atoms with van der Waals surface area (Å²) in [5.41, 5.74) is 6.22. The summed E-state index contributed by atoms with van der Waals surface area (Å²) in [6, 6.07) is 2.99. The summed E-state index contributed by atoms with van der Waals surface area (Å²) in [7, 11) is 0. The van der Waals surface area contributed by atoms with E-state index >= 15 is 0 Å². The number of aliphatic carboxylic acids is 1. The zero-order valence-corrected chi connectivity index (χ0v) is 21.1. The Morgan fingerprint density at radius 3 is 2.74 bits per heavy atom. The Balaban J connectivity index is 1.48. The number of nitrogens with zero attached hydrogens (tertiary/aromatic N) is 4. The first-order chi connectivity index (χ1) is 18.3. The number of nitrogens with two attached hydrogens (primary N) is 1. The largest absolute Gasteiger partial charge is 0.478 e. The van der Waals surface area contributed by atoms with Gasteiger partial charge in [0.05, 0.1) is 17.8 Å². The molecule has 0 aromatic carbocycles. The van der Waals surface area contributed by atoms with E-state index in [0.717, 1.165) is 24.6 Å². The van der Waals surface area contributed by atoms with Crippen LogP contribution in [0.15, 0.2) is 34.6 Å². The van der Waals surface area contributed by atoms with Crippen molar-refractivity contribution in [2.75, 3.05) is 23.3 Å². The molecule has 1 atom stereocenters. The fraction of sp³-hybridized carbons (Fsp3) is 0.360. The van der Waals surface area contributed by atoms with Gasteiger partial charge in [0.15, 0.2) is 5.13 Å². The van der Waals surface area contributed by atoms with Crippen LogP contribution >= 0.6 is 11.3 Å². The van der Waals surface area contributed by atoms with E-state index < -0.39 is 23.7 Å². The number of carbonyl (C=O) groups excluding carboxylic acids is 2. The molecule has 198 valence electrons. The Morgan fingerprint density at radius 1 is 1.21 bits per heavy atom. The number of hydrogen-bond acceptors (Lipinski definition) is 9. The van der Waals surface area contributed by atoms with Gasteiger partial charge in [-0.25, -0.2) is 19.6 Å². The first-order valence-corrected chi connectivity index (χ1v) is 13.1. The van der Waals surface area contributed by atoms with Crippen molar-refractivity contribution in [2.45, 2.75) is 44.1 Å². The van der Waals surface area contributed by atoms with Crippen molar-refractivity contribution in [2.24, 2.45) is 5.73 Å². The maximum absolute atomic E-state index is 13.4. The highest BCUT2D eigenvalue weighted by molar-refractivity contribution is 7.14. The van der Waals surface area contributed by atoms with Gasteiger partial charge >= 0.3 is 12.1 Å². The van der Waals surface area contributed by atoms with Crippen LogP contribution < -0.4 is 21.5 Å². The molecule has 1 aliphatic heterocycles. The monoisotopic (exact) mass is 538 g/mol. The first kappa shape index (κ1) is 25.4. The van der Waals surface area contributed by atoms with Gasteiger partial charge in [-0.05, 0) is 43.9 Å². The molecule has 3 aromatic heterocycles. The van der Waals surface area contributed by atoms with E-state index in [1.54, 1.807) is 4.90 Å². The van der Waals surface area contributed by atoms with Gasteiger partial charge in [0.1, 0.15) is 17.6 Å². The third kappa shape index (κ3) is 5.37. The lowest BCUT2D eigenvalue weighted by molar-refractivity contribution is -0.131. The summed E-state index contributed by atoms with van der Waals surface area (Å²) in [4.78, 5) is 59.7. The first-order valence-electron chi connectivity index (χ1n) is 12.2. The number of ether oxygens (including phenoxy) is 1. The highest BCUT2D eigenvalue weighted by Gasteiger charge is 2.27. The molecular formula is C25H26N6O6S. The van der Waals surface area contributed by atoms with Gasteiger partial charge in [-0.1, -0.05) is 6.42 Å². The minimum absolute atomic E-state index is 0.0631. The summed E-state index contributed by atoms with van der Waals surface area (Å²) in [5, 5.41) is 14.4. The number of hydrogen-bond donors (Lipinski definition) is 3. The molecule has 38 heavy (non-hydrogen) atoms. The summed E-state index contributed by atoms with van der Waals surface area (Å²) >= 11 is 1.37. The van der Waals surface area contributed by atoms with Crippen LogP contribution in [0.25, 0.3) is 11.7 Å². The van der Waals surface area contributed by atoms with Crippen LogP contribution in [0.2, 0.25) is 0 Å². The zero-order chi connectivity index (χ0) is 26.8. The fourth-order valence-corrected chi connectivity index (χ4v) is 5.41. The molecule has 13 heteroatoms. The fourth-order valence-electron chi connectivity index (χ4n) is 4.62. The second-order valence-electron chi connectivity index (χ2n) is 9.28. The van der Waals surface area contributed by atoms with Crippen molar-refractivity contribution in [1.29, 1.82) is 0 Å². The molecule has 1 saturated carbocycles. The van der Waals surface area contributed by atoms with E-state index in [2.05, 4.69) is 15.3 Å². The molecule has 1 saturated heterocycles. The molecule has 12 nitrogen and oxygen atoms in total. The number of primary amides is 1. The standard InChI is InChI=1S/C25H26N6O6S/c26-24(36)37-16-5-2-9-30(12-16)21-17(6-7-20(32)33)23(35)31-10-8-15(11-19(31)28-21)22(34)29-25-27-18(13-38-25)14-3-1-4-14/h6-8,10-11,13-14,16H,1-5,9,12H2,(H2,26,36)(H,32,33)(H,27,29,34). The average Bonchev–Trinajstić information content (AvgIpc) is 3.29. The summed E-state index contributed by atoms with van der Waals surface area (Å²) in [6.07, 6.45) is 6.74. The van der Waals surface area contributed by atoms with Crippen molar-refractivity contribution in [1.82, 2.24) is 14.4 Å². The molecule has 2 fully saturated rings. The summed E-state index contributed by atoms with van der Waals surface area (Å²) in [5.74, 6) is -0.920. The average molecular weight is 539 g/mol. The third-order valence-corrected chi connectivity index (χ3v) is 7.50. The maximum atomic E-state index is 13.4. The Morgan fingerprint density at radius 2 is 2.03 bits per heavy atom. The van der Waals surface area contributed by atoms with E-state index in [0.29, 0.717) is 30.4 Å². The lowest BCUT2D eigenvalue weighted by atomic mass is 9.83.